The highest BCUT2D eigenvalue weighted by atomic mass is 127. The summed E-state index contributed by atoms with van der Waals surface area (Å²) in [5.74, 6) is -0.400. The van der Waals surface area contributed by atoms with Crippen LogP contribution in [0.15, 0.2) is 34.2 Å². The number of halogens is 2. The lowest BCUT2D eigenvalue weighted by Crippen LogP contribution is -2.37. The Labute approximate surface area is 142 Å². The summed E-state index contributed by atoms with van der Waals surface area (Å²) in [7, 11) is -3.65. The summed E-state index contributed by atoms with van der Waals surface area (Å²) in [5, 5.41) is 5.98. The minimum atomic E-state index is -3.65. The predicted octanol–water partition coefficient (Wildman–Crippen LogP) is 1.79. The minimum Gasteiger partial charge on any atom is -0.357 e. The van der Waals surface area contributed by atoms with Gasteiger partial charge >= 0.3 is 0 Å². The molecule has 2 N–H and O–H groups in total. The van der Waals surface area contributed by atoms with E-state index in [1.54, 1.807) is 0 Å². The monoisotopic (exact) mass is 429 g/mol. The average Bonchev–Trinajstić information content (AvgIpc) is 2.39. The quantitative estimate of drug-likeness (QED) is 0.411. The van der Waals surface area contributed by atoms with E-state index < -0.39 is 15.7 Å². The fourth-order valence-electron chi connectivity index (χ4n) is 1.59. The number of nitrogens with zero attached hydrogens (tertiary/aromatic N) is 1. The third kappa shape index (κ3) is 6.60. The highest BCUT2D eigenvalue weighted by Crippen LogP contribution is 2.14. The molecule has 0 aromatic heterocycles. The molecule has 0 aliphatic rings. The summed E-state index contributed by atoms with van der Waals surface area (Å²) in [6, 6.07) is 5.37. The molecule has 0 saturated heterocycles. The van der Waals surface area contributed by atoms with Gasteiger partial charge in [0, 0.05) is 13.1 Å². The molecule has 120 valence electrons. The molecule has 0 saturated carbocycles. The Kier molecular flexibility index (Phi) is 9.51. The number of rotatable bonds is 6. The third-order valence-corrected chi connectivity index (χ3v) is 4.21. The van der Waals surface area contributed by atoms with E-state index in [1.165, 1.54) is 18.2 Å². The van der Waals surface area contributed by atoms with Crippen molar-refractivity contribution in [3.05, 3.63) is 30.1 Å². The second kappa shape index (κ2) is 9.93. The molecule has 0 unspecified atom stereocenters. The topological polar surface area (TPSA) is 70.6 Å². The van der Waals surface area contributed by atoms with Crippen molar-refractivity contribution in [2.45, 2.75) is 18.7 Å². The molecule has 5 nitrogen and oxygen atoms in total. The van der Waals surface area contributed by atoms with Crippen LogP contribution in [0.4, 0.5) is 4.39 Å². The Morgan fingerprint density at radius 1 is 1.19 bits per heavy atom. The highest BCUT2D eigenvalue weighted by molar-refractivity contribution is 14.0. The molecule has 0 radical (unpaired) electrons. The third-order valence-electron chi connectivity index (χ3n) is 2.49. The van der Waals surface area contributed by atoms with Gasteiger partial charge in [0.1, 0.15) is 10.7 Å². The van der Waals surface area contributed by atoms with Gasteiger partial charge in [-0.05, 0) is 26.0 Å². The molecular formula is C13H21FIN3O2S. The first-order chi connectivity index (χ1) is 9.51. The van der Waals surface area contributed by atoms with E-state index in [0.29, 0.717) is 19.0 Å². The Morgan fingerprint density at radius 2 is 1.76 bits per heavy atom. The zero-order chi connectivity index (χ0) is 15.0. The fourth-order valence-corrected chi connectivity index (χ4v) is 2.80. The first kappa shape index (κ1) is 20.1. The van der Waals surface area contributed by atoms with Crippen molar-refractivity contribution in [3.63, 3.8) is 0 Å². The Bertz CT molecular complexity index is 556. The van der Waals surface area contributed by atoms with E-state index in [-0.39, 0.29) is 41.2 Å². The second-order valence-corrected chi connectivity index (χ2v) is 6.12. The van der Waals surface area contributed by atoms with Gasteiger partial charge in [0.05, 0.1) is 12.3 Å². The van der Waals surface area contributed by atoms with Gasteiger partial charge in [-0.2, -0.15) is 0 Å². The molecule has 0 spiro atoms. The molecule has 0 atom stereocenters. The van der Waals surface area contributed by atoms with Crippen molar-refractivity contribution in [2.75, 3.05) is 25.4 Å². The molecule has 1 aromatic rings. The summed E-state index contributed by atoms with van der Waals surface area (Å²) in [4.78, 5) is 3.86. The van der Waals surface area contributed by atoms with Gasteiger partial charge in [-0.3, -0.25) is 4.99 Å². The largest absolute Gasteiger partial charge is 0.357 e. The summed E-state index contributed by atoms with van der Waals surface area (Å²) >= 11 is 0. The van der Waals surface area contributed by atoms with Crippen molar-refractivity contribution in [1.82, 2.24) is 10.6 Å². The van der Waals surface area contributed by atoms with E-state index in [4.69, 9.17) is 0 Å². The molecule has 1 rings (SSSR count). The molecular weight excluding hydrogens is 408 g/mol. The second-order valence-electron chi connectivity index (χ2n) is 4.04. The summed E-state index contributed by atoms with van der Waals surface area (Å²) in [6.45, 7) is 5.29. The van der Waals surface area contributed by atoms with Crippen LogP contribution in [0, 0.1) is 5.82 Å². The van der Waals surface area contributed by atoms with Gasteiger partial charge in [-0.15, -0.1) is 24.0 Å². The van der Waals surface area contributed by atoms with Gasteiger partial charge < -0.3 is 10.6 Å². The van der Waals surface area contributed by atoms with Crippen molar-refractivity contribution < 1.29 is 12.8 Å². The maximum Gasteiger partial charge on any atom is 0.191 e. The van der Waals surface area contributed by atoms with Crippen LogP contribution in [-0.2, 0) is 9.84 Å². The lowest BCUT2D eigenvalue weighted by atomic mass is 10.3. The van der Waals surface area contributed by atoms with Crippen LogP contribution in [0.1, 0.15) is 13.8 Å². The standard InChI is InChI=1S/C13H20FN3O2S.HI/c1-3-15-13(16-4-2)17-9-10-20(18,19)12-8-6-5-7-11(12)14;/h5-8H,3-4,9-10H2,1-2H3,(H2,15,16,17);1H. The highest BCUT2D eigenvalue weighted by Gasteiger charge is 2.18. The van der Waals surface area contributed by atoms with Crippen LogP contribution in [0.2, 0.25) is 0 Å². The molecule has 8 heteroatoms. The Morgan fingerprint density at radius 3 is 2.29 bits per heavy atom. The number of guanidine groups is 1. The number of aliphatic imine (C=N–C) groups is 1. The van der Waals surface area contributed by atoms with Crippen molar-refractivity contribution in [1.29, 1.82) is 0 Å². The molecule has 0 amide bonds. The molecule has 0 aliphatic carbocycles. The van der Waals surface area contributed by atoms with E-state index in [0.717, 1.165) is 6.07 Å². The molecule has 21 heavy (non-hydrogen) atoms. The first-order valence-corrected chi connectivity index (χ1v) is 8.16. The molecule has 0 fully saturated rings. The Balaban J connectivity index is 0.00000400. The van der Waals surface area contributed by atoms with Gasteiger partial charge in [0.2, 0.25) is 0 Å². The number of sulfone groups is 1. The fraction of sp³-hybridized carbons (Fsp3) is 0.462. The Hall–Kier alpha value is -0.900. The van der Waals surface area contributed by atoms with Crippen molar-refractivity contribution >= 4 is 39.8 Å². The number of hydrogen-bond acceptors (Lipinski definition) is 3. The van der Waals surface area contributed by atoms with Crippen LogP contribution < -0.4 is 10.6 Å². The van der Waals surface area contributed by atoms with Crippen molar-refractivity contribution in [3.8, 4) is 0 Å². The molecule has 0 heterocycles. The van der Waals surface area contributed by atoms with Crippen LogP contribution >= 0.6 is 24.0 Å². The maximum atomic E-state index is 13.5. The summed E-state index contributed by atoms with van der Waals surface area (Å²) < 4.78 is 37.5. The smallest absolute Gasteiger partial charge is 0.191 e. The first-order valence-electron chi connectivity index (χ1n) is 6.50. The zero-order valence-corrected chi connectivity index (χ0v) is 15.2. The van der Waals surface area contributed by atoms with E-state index >= 15 is 0 Å². The lowest BCUT2D eigenvalue weighted by Gasteiger charge is -2.09. The van der Waals surface area contributed by atoms with Crippen LogP contribution in [0.5, 0.6) is 0 Å². The van der Waals surface area contributed by atoms with Gasteiger partial charge in [0.25, 0.3) is 0 Å². The van der Waals surface area contributed by atoms with Gasteiger partial charge in [0.15, 0.2) is 15.8 Å². The van der Waals surface area contributed by atoms with Crippen LogP contribution in [0.25, 0.3) is 0 Å². The minimum absolute atomic E-state index is 0. The van der Waals surface area contributed by atoms with E-state index in [9.17, 15) is 12.8 Å². The zero-order valence-electron chi connectivity index (χ0n) is 12.1. The lowest BCUT2D eigenvalue weighted by molar-refractivity contribution is 0.567. The number of benzene rings is 1. The van der Waals surface area contributed by atoms with E-state index in [1.807, 2.05) is 13.8 Å². The van der Waals surface area contributed by atoms with E-state index in [2.05, 4.69) is 15.6 Å². The van der Waals surface area contributed by atoms with Gasteiger partial charge in [-0.1, -0.05) is 12.1 Å². The SMILES string of the molecule is CCNC(=NCCS(=O)(=O)c1ccccc1F)NCC.I. The maximum absolute atomic E-state index is 13.5. The molecule has 1 aromatic carbocycles. The summed E-state index contributed by atoms with van der Waals surface area (Å²) in [5.41, 5.74) is 0. The number of hydrogen-bond donors (Lipinski definition) is 2. The van der Waals surface area contributed by atoms with Gasteiger partial charge in [-0.25, -0.2) is 12.8 Å². The van der Waals surface area contributed by atoms with Crippen LogP contribution in [-0.4, -0.2) is 39.8 Å². The predicted molar refractivity (Wildman–Crippen MR) is 93.5 cm³/mol. The molecule has 0 bridgehead atoms. The molecule has 0 aliphatic heterocycles. The van der Waals surface area contributed by atoms with Crippen LogP contribution in [0.3, 0.4) is 0 Å². The van der Waals surface area contributed by atoms with Crippen molar-refractivity contribution in [2.24, 2.45) is 4.99 Å². The average molecular weight is 429 g/mol. The summed E-state index contributed by atoms with van der Waals surface area (Å²) in [6.07, 6.45) is 0. The normalized spacial score (nSPS) is 10.4. The number of nitrogens with one attached hydrogen (secondary N) is 2.